The normalized spacial score (nSPS) is 10.8. The molecule has 0 fully saturated rings. The van der Waals surface area contributed by atoms with E-state index in [0.29, 0.717) is 32.1 Å². The smallest absolute Gasteiger partial charge is 0.303 e. The molecule has 0 rings (SSSR count). The molecule has 0 radical (unpaired) electrons. The SMILES string of the molecule is CCCCCCCC/C=C/CCCCCCCC(=O)O.CCCCCCCCCCCC(=O)O.CCCCCCCCCCCCCC(=O)O.CCCCCCCCCCCCCCCC(=O)O.CCCCCCCCCCCCCCCCCC(=O)O. The van der Waals surface area contributed by atoms with Crippen molar-refractivity contribution in [3.63, 3.8) is 0 Å². The summed E-state index contributed by atoms with van der Waals surface area (Å²) >= 11 is 0. The second-order valence-electron chi connectivity index (χ2n) is 25.9. The van der Waals surface area contributed by atoms with Gasteiger partial charge in [0, 0.05) is 32.1 Å². The van der Waals surface area contributed by atoms with Gasteiger partial charge in [0.25, 0.3) is 0 Å². The molecule has 10 heteroatoms. The molecule has 0 unspecified atom stereocenters. The summed E-state index contributed by atoms with van der Waals surface area (Å²) in [5.74, 6) is -3.29. The standard InChI is InChI=1S/C18H36O2.C18H34O2.C16H32O2.C14H28O2.C12H24O2/c2*1-2-3-4-5-6-7-8-9-10-11-12-13-14-15-16-17-18(19)20;1-2-3-4-5-6-7-8-9-10-11-12-13-14-15-16(17)18;1-2-3-4-5-6-7-8-9-10-11-12-13-14(15)16;1-2-3-4-5-6-7-8-9-10-11-12(13)14/h2-17H2,1H3,(H,19,20);9-10H,2-8,11-17H2,1H3,(H,19,20);2-15H2,1H3,(H,17,18);2-13H2,1H3,(H,15,16);2-11H2,1H3,(H,13,14)/b;10-9+;;;. The van der Waals surface area contributed by atoms with E-state index in [1.54, 1.807) is 0 Å². The number of carbonyl (C=O) groups is 5. The second kappa shape index (κ2) is 90.5. The molecular formula is C78H154O10. The predicted molar refractivity (Wildman–Crippen MR) is 380 cm³/mol. The van der Waals surface area contributed by atoms with Crippen LogP contribution in [0.2, 0.25) is 0 Å². The molecule has 526 valence electrons. The van der Waals surface area contributed by atoms with Crippen molar-refractivity contribution in [2.45, 2.75) is 458 Å². The number of hydrogen-bond acceptors (Lipinski definition) is 5. The molecule has 0 heterocycles. The zero-order chi connectivity index (χ0) is 66.0. The van der Waals surface area contributed by atoms with Crippen molar-refractivity contribution in [3.05, 3.63) is 12.2 Å². The van der Waals surface area contributed by atoms with Crippen molar-refractivity contribution in [2.75, 3.05) is 0 Å². The Kier molecular flexibility index (Phi) is 96.5. The molecule has 0 aromatic carbocycles. The Labute approximate surface area is 547 Å². The molecule has 0 aliphatic heterocycles. The summed E-state index contributed by atoms with van der Waals surface area (Å²) in [6.07, 6.45) is 84.5. The van der Waals surface area contributed by atoms with E-state index >= 15 is 0 Å². The average Bonchev–Trinajstić information content (AvgIpc) is 3.49. The molecule has 0 spiro atoms. The van der Waals surface area contributed by atoms with E-state index in [-0.39, 0.29) is 0 Å². The van der Waals surface area contributed by atoms with Crippen LogP contribution >= 0.6 is 0 Å². The molecule has 0 aliphatic carbocycles. The molecule has 5 N–H and O–H groups in total. The van der Waals surface area contributed by atoms with Crippen molar-refractivity contribution in [1.82, 2.24) is 0 Å². The van der Waals surface area contributed by atoms with Gasteiger partial charge in [-0.3, -0.25) is 24.0 Å². The first kappa shape index (κ1) is 93.8. The summed E-state index contributed by atoms with van der Waals surface area (Å²) in [6.45, 7) is 11.3. The van der Waals surface area contributed by atoms with E-state index in [9.17, 15) is 24.0 Å². The maximum absolute atomic E-state index is 10.3. The predicted octanol–water partition coefficient (Wildman–Crippen LogP) is 26.8. The number of hydrogen-bond donors (Lipinski definition) is 5. The molecule has 0 atom stereocenters. The van der Waals surface area contributed by atoms with Crippen LogP contribution in [0.5, 0.6) is 0 Å². The van der Waals surface area contributed by atoms with Crippen LogP contribution in [0.25, 0.3) is 0 Å². The van der Waals surface area contributed by atoms with Crippen LogP contribution in [-0.4, -0.2) is 55.4 Å². The van der Waals surface area contributed by atoms with Crippen molar-refractivity contribution >= 4 is 29.8 Å². The van der Waals surface area contributed by atoms with Gasteiger partial charge in [-0.05, 0) is 57.8 Å². The summed E-state index contributed by atoms with van der Waals surface area (Å²) in [5.41, 5.74) is 0. The van der Waals surface area contributed by atoms with Gasteiger partial charge in [-0.2, -0.15) is 0 Å². The molecule has 0 saturated heterocycles. The fraction of sp³-hybridized carbons (Fsp3) is 0.910. The third-order valence-corrected chi connectivity index (χ3v) is 16.6. The molecular weight excluding hydrogens is 1100 g/mol. The summed E-state index contributed by atoms with van der Waals surface area (Å²) in [4.78, 5) is 51.4. The van der Waals surface area contributed by atoms with Crippen molar-refractivity contribution in [1.29, 1.82) is 0 Å². The lowest BCUT2D eigenvalue weighted by Gasteiger charge is -2.03. The van der Waals surface area contributed by atoms with Crippen LogP contribution in [0.15, 0.2) is 12.2 Å². The number of unbranched alkanes of at least 4 members (excludes halogenated alkanes) is 55. The van der Waals surface area contributed by atoms with Gasteiger partial charge in [-0.1, -0.05) is 381 Å². The average molecular weight is 1250 g/mol. The minimum atomic E-state index is -0.664. The van der Waals surface area contributed by atoms with E-state index in [4.69, 9.17) is 25.5 Å². The van der Waals surface area contributed by atoms with Gasteiger partial charge in [0.05, 0.1) is 0 Å². The zero-order valence-electron chi connectivity index (χ0n) is 59.6. The van der Waals surface area contributed by atoms with Crippen molar-refractivity contribution < 1.29 is 49.5 Å². The summed E-state index contributed by atoms with van der Waals surface area (Å²) < 4.78 is 0. The molecule has 88 heavy (non-hydrogen) atoms. The van der Waals surface area contributed by atoms with Crippen LogP contribution in [-0.2, 0) is 24.0 Å². The van der Waals surface area contributed by atoms with Gasteiger partial charge in [0.1, 0.15) is 0 Å². The Morgan fingerprint density at radius 2 is 0.273 bits per heavy atom. The second-order valence-corrected chi connectivity index (χ2v) is 25.9. The first-order valence-corrected chi connectivity index (χ1v) is 38.6. The molecule has 10 nitrogen and oxygen atoms in total. The number of aliphatic carboxylic acids is 5. The number of carboxylic acid groups (broad SMARTS) is 5. The molecule has 0 amide bonds. The first-order chi connectivity index (χ1) is 42.9. The summed E-state index contributed by atoms with van der Waals surface area (Å²) in [5, 5.41) is 42.4. The van der Waals surface area contributed by atoms with Gasteiger partial charge < -0.3 is 25.5 Å². The Hall–Kier alpha value is -2.91. The molecule has 0 aromatic rings. The highest BCUT2D eigenvalue weighted by Gasteiger charge is 2.02. The monoisotopic (exact) mass is 1250 g/mol. The highest BCUT2D eigenvalue weighted by Crippen LogP contribution is 2.17. The van der Waals surface area contributed by atoms with Gasteiger partial charge in [-0.25, -0.2) is 0 Å². The molecule has 0 aliphatic rings. The number of rotatable bonds is 67. The van der Waals surface area contributed by atoms with Crippen LogP contribution in [0, 0.1) is 0 Å². The van der Waals surface area contributed by atoms with Crippen molar-refractivity contribution in [3.8, 4) is 0 Å². The minimum Gasteiger partial charge on any atom is -0.481 e. The Morgan fingerprint density at radius 3 is 0.386 bits per heavy atom. The maximum atomic E-state index is 10.3. The molecule has 0 aromatic heterocycles. The lowest BCUT2D eigenvalue weighted by Crippen LogP contribution is -1.93. The van der Waals surface area contributed by atoms with Gasteiger partial charge >= 0.3 is 29.8 Å². The van der Waals surface area contributed by atoms with E-state index in [0.717, 1.165) is 64.2 Å². The molecule has 0 bridgehead atoms. The topological polar surface area (TPSA) is 186 Å². The third-order valence-electron chi connectivity index (χ3n) is 16.6. The van der Waals surface area contributed by atoms with Gasteiger partial charge in [0.2, 0.25) is 0 Å². The fourth-order valence-electron chi connectivity index (χ4n) is 10.8. The zero-order valence-corrected chi connectivity index (χ0v) is 59.6. The Morgan fingerprint density at radius 1 is 0.170 bits per heavy atom. The van der Waals surface area contributed by atoms with E-state index in [1.165, 1.54) is 327 Å². The lowest BCUT2D eigenvalue weighted by molar-refractivity contribution is -0.138. The number of allylic oxidation sites excluding steroid dienone is 2. The summed E-state index contributed by atoms with van der Waals surface area (Å²) in [7, 11) is 0. The molecule has 0 saturated carbocycles. The van der Waals surface area contributed by atoms with E-state index in [1.807, 2.05) is 0 Å². The third kappa shape index (κ3) is 114. The van der Waals surface area contributed by atoms with Crippen LogP contribution < -0.4 is 0 Å². The fourth-order valence-corrected chi connectivity index (χ4v) is 10.8. The van der Waals surface area contributed by atoms with Gasteiger partial charge in [0.15, 0.2) is 0 Å². The quantitative estimate of drug-likeness (QED) is 0.0290. The maximum Gasteiger partial charge on any atom is 0.303 e. The van der Waals surface area contributed by atoms with E-state index in [2.05, 4.69) is 46.8 Å². The number of carboxylic acids is 5. The van der Waals surface area contributed by atoms with Crippen LogP contribution in [0.4, 0.5) is 0 Å². The lowest BCUT2D eigenvalue weighted by atomic mass is 10.0. The highest BCUT2D eigenvalue weighted by molar-refractivity contribution is 5.67. The van der Waals surface area contributed by atoms with Crippen LogP contribution in [0.1, 0.15) is 458 Å². The highest BCUT2D eigenvalue weighted by atomic mass is 16.4. The Balaban J connectivity index is -0.000000328. The Bertz CT molecular complexity index is 1370. The van der Waals surface area contributed by atoms with Gasteiger partial charge in [-0.15, -0.1) is 0 Å². The minimum absolute atomic E-state index is 0.332. The first-order valence-electron chi connectivity index (χ1n) is 38.6. The van der Waals surface area contributed by atoms with Crippen molar-refractivity contribution in [2.24, 2.45) is 0 Å². The summed E-state index contributed by atoms with van der Waals surface area (Å²) in [6, 6.07) is 0. The largest absolute Gasteiger partial charge is 0.481 e. The van der Waals surface area contributed by atoms with E-state index < -0.39 is 29.8 Å². The van der Waals surface area contributed by atoms with Crippen LogP contribution in [0.3, 0.4) is 0 Å².